The molecular weight excluding hydrogens is 266 g/mol. The topological polar surface area (TPSA) is 48.7 Å². The van der Waals surface area contributed by atoms with E-state index < -0.39 is 0 Å². The highest BCUT2D eigenvalue weighted by molar-refractivity contribution is 5.99. The normalized spacial score (nSPS) is 15.9. The lowest BCUT2D eigenvalue weighted by molar-refractivity contribution is 0.0703. The first kappa shape index (κ1) is 14.1. The lowest BCUT2D eigenvalue weighted by Gasteiger charge is -2.27. The van der Waals surface area contributed by atoms with Crippen LogP contribution in [0.15, 0.2) is 28.7 Å². The van der Waals surface area contributed by atoms with Gasteiger partial charge >= 0.3 is 0 Å². The number of hydrogen-bond donors (Lipinski definition) is 1. The maximum absolute atomic E-state index is 12.8. The SMILES string of the molecule is CN(C)Cc1c(C(=O)N2CCNCC2)oc2ccccc12. The fourth-order valence-electron chi connectivity index (χ4n) is 2.76. The Bertz CT molecular complexity index is 642. The molecule has 0 atom stereocenters. The van der Waals surface area contributed by atoms with Crippen molar-refractivity contribution < 1.29 is 9.21 Å². The van der Waals surface area contributed by atoms with E-state index in [1.54, 1.807) is 0 Å². The van der Waals surface area contributed by atoms with E-state index in [4.69, 9.17) is 4.42 Å². The van der Waals surface area contributed by atoms with Gasteiger partial charge < -0.3 is 19.5 Å². The van der Waals surface area contributed by atoms with Crippen LogP contribution in [0.25, 0.3) is 11.0 Å². The lowest BCUT2D eigenvalue weighted by atomic mass is 10.1. The number of hydrogen-bond acceptors (Lipinski definition) is 4. The van der Waals surface area contributed by atoms with E-state index in [1.165, 1.54) is 0 Å². The first-order valence-corrected chi connectivity index (χ1v) is 7.32. The Morgan fingerprint density at radius 1 is 1.29 bits per heavy atom. The Labute approximate surface area is 124 Å². The molecule has 0 radical (unpaired) electrons. The maximum atomic E-state index is 12.8. The minimum absolute atomic E-state index is 0.00421. The van der Waals surface area contributed by atoms with Gasteiger partial charge in [0, 0.05) is 43.7 Å². The molecular formula is C16H21N3O2. The molecule has 0 bridgehead atoms. The number of nitrogens with one attached hydrogen (secondary N) is 1. The summed E-state index contributed by atoms with van der Waals surface area (Å²) in [4.78, 5) is 16.7. The van der Waals surface area contributed by atoms with Crippen molar-refractivity contribution in [3.05, 3.63) is 35.6 Å². The molecule has 2 heterocycles. The highest BCUT2D eigenvalue weighted by Crippen LogP contribution is 2.27. The summed E-state index contributed by atoms with van der Waals surface area (Å²) in [6.45, 7) is 3.85. The summed E-state index contributed by atoms with van der Waals surface area (Å²) in [5.74, 6) is 0.497. The zero-order chi connectivity index (χ0) is 14.8. The Kier molecular flexibility index (Phi) is 3.94. The van der Waals surface area contributed by atoms with Gasteiger partial charge in [-0.1, -0.05) is 18.2 Å². The van der Waals surface area contributed by atoms with E-state index in [1.807, 2.05) is 43.3 Å². The van der Waals surface area contributed by atoms with Gasteiger partial charge in [-0.05, 0) is 20.2 Å². The molecule has 0 saturated carbocycles. The van der Waals surface area contributed by atoms with Crippen LogP contribution in [-0.2, 0) is 6.54 Å². The monoisotopic (exact) mass is 287 g/mol. The van der Waals surface area contributed by atoms with Crippen LogP contribution in [0.2, 0.25) is 0 Å². The Balaban J connectivity index is 2.01. The Morgan fingerprint density at radius 3 is 2.71 bits per heavy atom. The van der Waals surface area contributed by atoms with Crippen LogP contribution in [-0.4, -0.2) is 56.0 Å². The first-order chi connectivity index (χ1) is 10.2. The summed E-state index contributed by atoms with van der Waals surface area (Å²) in [5.41, 5.74) is 1.77. The van der Waals surface area contributed by atoms with Gasteiger partial charge in [0.05, 0.1) is 0 Å². The Hall–Kier alpha value is -1.85. The zero-order valence-corrected chi connectivity index (χ0v) is 12.6. The molecule has 0 unspecified atom stereocenters. The van der Waals surface area contributed by atoms with Crippen molar-refractivity contribution >= 4 is 16.9 Å². The van der Waals surface area contributed by atoms with Gasteiger partial charge in [0.25, 0.3) is 5.91 Å². The molecule has 5 heteroatoms. The number of carbonyl (C=O) groups excluding carboxylic acids is 1. The van der Waals surface area contributed by atoms with E-state index in [0.717, 1.165) is 42.7 Å². The van der Waals surface area contributed by atoms with Gasteiger partial charge in [0.15, 0.2) is 5.76 Å². The highest BCUT2D eigenvalue weighted by Gasteiger charge is 2.26. The van der Waals surface area contributed by atoms with Crippen molar-refractivity contribution in [2.45, 2.75) is 6.54 Å². The quantitative estimate of drug-likeness (QED) is 0.930. The van der Waals surface area contributed by atoms with Crippen molar-refractivity contribution in [2.75, 3.05) is 40.3 Å². The van der Waals surface area contributed by atoms with Crippen molar-refractivity contribution in [3.63, 3.8) is 0 Å². The molecule has 1 aromatic heterocycles. The first-order valence-electron chi connectivity index (χ1n) is 7.32. The Morgan fingerprint density at radius 2 is 2.00 bits per heavy atom. The molecule has 5 nitrogen and oxygen atoms in total. The van der Waals surface area contributed by atoms with Crippen LogP contribution in [0.3, 0.4) is 0 Å². The predicted molar refractivity (Wildman–Crippen MR) is 82.4 cm³/mol. The smallest absolute Gasteiger partial charge is 0.290 e. The third kappa shape index (κ3) is 2.80. The largest absolute Gasteiger partial charge is 0.451 e. The number of para-hydroxylation sites is 1. The number of amides is 1. The summed E-state index contributed by atoms with van der Waals surface area (Å²) in [5, 5.41) is 4.29. The lowest BCUT2D eigenvalue weighted by Crippen LogP contribution is -2.46. The average molecular weight is 287 g/mol. The van der Waals surface area contributed by atoms with Gasteiger partial charge in [-0.25, -0.2) is 0 Å². The number of fused-ring (bicyclic) bond motifs is 1. The number of rotatable bonds is 3. The molecule has 1 saturated heterocycles. The molecule has 3 rings (SSSR count). The molecule has 1 amide bonds. The summed E-state index contributed by atoms with van der Waals surface area (Å²) in [7, 11) is 4.00. The maximum Gasteiger partial charge on any atom is 0.290 e. The zero-order valence-electron chi connectivity index (χ0n) is 12.6. The molecule has 1 N–H and O–H groups in total. The van der Waals surface area contributed by atoms with Crippen LogP contribution < -0.4 is 5.32 Å². The fraction of sp³-hybridized carbons (Fsp3) is 0.438. The number of piperazine rings is 1. The number of carbonyl (C=O) groups is 1. The molecule has 1 aliphatic rings. The van der Waals surface area contributed by atoms with Crippen molar-refractivity contribution in [1.82, 2.24) is 15.1 Å². The molecule has 1 aromatic carbocycles. The average Bonchev–Trinajstić information content (AvgIpc) is 2.86. The number of benzene rings is 1. The molecule has 112 valence electrons. The van der Waals surface area contributed by atoms with Gasteiger partial charge in [-0.3, -0.25) is 4.79 Å². The van der Waals surface area contributed by atoms with Gasteiger partial charge in [-0.2, -0.15) is 0 Å². The molecule has 21 heavy (non-hydrogen) atoms. The molecule has 0 spiro atoms. The van der Waals surface area contributed by atoms with E-state index in [-0.39, 0.29) is 5.91 Å². The van der Waals surface area contributed by atoms with Crippen LogP contribution in [0.4, 0.5) is 0 Å². The standard InChI is InChI=1S/C16H21N3O2/c1-18(2)11-13-12-5-3-4-6-14(12)21-15(13)16(20)19-9-7-17-8-10-19/h3-6,17H,7-11H2,1-2H3. The minimum Gasteiger partial charge on any atom is -0.451 e. The molecule has 1 fully saturated rings. The van der Waals surface area contributed by atoms with Crippen LogP contribution in [0.1, 0.15) is 16.1 Å². The molecule has 1 aliphatic heterocycles. The molecule has 0 aliphatic carbocycles. The van der Waals surface area contributed by atoms with Crippen LogP contribution >= 0.6 is 0 Å². The van der Waals surface area contributed by atoms with Crippen LogP contribution in [0, 0.1) is 0 Å². The predicted octanol–water partition coefficient (Wildman–Crippen LogP) is 1.54. The number of nitrogens with zero attached hydrogens (tertiary/aromatic N) is 2. The van der Waals surface area contributed by atoms with Crippen molar-refractivity contribution in [1.29, 1.82) is 0 Å². The summed E-state index contributed by atoms with van der Waals surface area (Å²) in [6, 6.07) is 7.86. The van der Waals surface area contributed by atoms with Gasteiger partial charge in [0.2, 0.25) is 0 Å². The number of furan rings is 1. The van der Waals surface area contributed by atoms with E-state index in [9.17, 15) is 4.79 Å². The fourth-order valence-corrected chi connectivity index (χ4v) is 2.76. The van der Waals surface area contributed by atoms with E-state index in [2.05, 4.69) is 10.2 Å². The summed E-state index contributed by atoms with van der Waals surface area (Å²) < 4.78 is 5.88. The second-order valence-electron chi connectivity index (χ2n) is 5.69. The van der Waals surface area contributed by atoms with Crippen LogP contribution in [0.5, 0.6) is 0 Å². The highest BCUT2D eigenvalue weighted by atomic mass is 16.3. The second-order valence-corrected chi connectivity index (χ2v) is 5.69. The van der Waals surface area contributed by atoms with E-state index >= 15 is 0 Å². The van der Waals surface area contributed by atoms with E-state index in [0.29, 0.717) is 12.3 Å². The van der Waals surface area contributed by atoms with Crippen molar-refractivity contribution in [2.24, 2.45) is 0 Å². The molecule has 2 aromatic rings. The summed E-state index contributed by atoms with van der Waals surface area (Å²) >= 11 is 0. The third-order valence-corrected chi connectivity index (χ3v) is 3.77. The minimum atomic E-state index is 0.00421. The van der Waals surface area contributed by atoms with Crippen molar-refractivity contribution in [3.8, 4) is 0 Å². The summed E-state index contributed by atoms with van der Waals surface area (Å²) in [6.07, 6.45) is 0. The van der Waals surface area contributed by atoms with Gasteiger partial charge in [0.1, 0.15) is 5.58 Å². The van der Waals surface area contributed by atoms with Gasteiger partial charge in [-0.15, -0.1) is 0 Å². The second kappa shape index (κ2) is 5.87. The third-order valence-electron chi connectivity index (χ3n) is 3.77.